The molecule has 0 N–H and O–H groups in total. The van der Waals surface area contributed by atoms with Crippen molar-refractivity contribution < 1.29 is 4.42 Å². The van der Waals surface area contributed by atoms with Gasteiger partial charge in [-0.05, 0) is 81.4 Å². The van der Waals surface area contributed by atoms with Crippen LogP contribution in [0, 0.1) is 0 Å². The Morgan fingerprint density at radius 1 is 0.417 bits per heavy atom. The highest BCUT2D eigenvalue weighted by Crippen LogP contribution is 2.45. The van der Waals surface area contributed by atoms with Crippen molar-refractivity contribution in [2.45, 2.75) is 0 Å². The Kier molecular flexibility index (Phi) is 6.80. The first-order valence-corrected chi connectivity index (χ1v) is 16.2. The predicted molar refractivity (Wildman–Crippen MR) is 200 cm³/mol. The van der Waals surface area contributed by atoms with E-state index >= 15 is 0 Å². The lowest BCUT2D eigenvalue weighted by molar-refractivity contribution is 0.623. The Balaban J connectivity index is 1.32. The van der Waals surface area contributed by atoms with Gasteiger partial charge in [-0.1, -0.05) is 133 Å². The van der Waals surface area contributed by atoms with Gasteiger partial charge in [0.2, 0.25) is 5.89 Å². The molecule has 3 nitrogen and oxygen atoms in total. The summed E-state index contributed by atoms with van der Waals surface area (Å²) in [5, 5.41) is 4.52. The number of anilines is 3. The molecular formula is C45H30N2O. The molecule has 0 atom stereocenters. The fraction of sp³-hybridized carbons (Fsp3) is 0. The third kappa shape index (κ3) is 4.90. The highest BCUT2D eigenvalue weighted by Gasteiger charge is 2.21. The molecule has 226 valence electrons. The summed E-state index contributed by atoms with van der Waals surface area (Å²) in [7, 11) is 0. The van der Waals surface area contributed by atoms with Crippen LogP contribution in [0.25, 0.3) is 66.4 Å². The van der Waals surface area contributed by atoms with Gasteiger partial charge in [-0.15, -0.1) is 0 Å². The quantitative estimate of drug-likeness (QED) is 0.187. The number of rotatable bonds is 6. The monoisotopic (exact) mass is 614 g/mol. The maximum absolute atomic E-state index is 6.51. The molecule has 0 radical (unpaired) electrons. The number of hydrogen-bond acceptors (Lipinski definition) is 3. The Hall–Kier alpha value is -6.45. The molecule has 1 aromatic heterocycles. The fourth-order valence-electron chi connectivity index (χ4n) is 6.77. The molecule has 0 unspecified atom stereocenters. The Morgan fingerprint density at radius 2 is 1.04 bits per heavy atom. The highest BCUT2D eigenvalue weighted by molar-refractivity contribution is 6.07. The van der Waals surface area contributed by atoms with E-state index in [4.69, 9.17) is 9.40 Å². The first kappa shape index (κ1) is 27.8. The van der Waals surface area contributed by atoms with E-state index in [1.165, 1.54) is 21.9 Å². The van der Waals surface area contributed by atoms with Crippen LogP contribution in [0.1, 0.15) is 0 Å². The van der Waals surface area contributed by atoms with Crippen LogP contribution in [-0.2, 0) is 0 Å². The first-order chi connectivity index (χ1) is 23.8. The zero-order chi connectivity index (χ0) is 31.9. The number of oxazole rings is 1. The minimum Gasteiger partial charge on any atom is -0.435 e. The Morgan fingerprint density at radius 3 is 1.81 bits per heavy atom. The summed E-state index contributed by atoms with van der Waals surface area (Å²) in [4.78, 5) is 7.26. The van der Waals surface area contributed by atoms with Gasteiger partial charge >= 0.3 is 0 Å². The lowest BCUT2D eigenvalue weighted by Gasteiger charge is -2.29. The molecule has 0 amide bonds. The largest absolute Gasteiger partial charge is 0.435 e. The van der Waals surface area contributed by atoms with Gasteiger partial charge in [0, 0.05) is 27.9 Å². The van der Waals surface area contributed by atoms with Gasteiger partial charge in [0.05, 0.1) is 5.69 Å². The minimum absolute atomic E-state index is 0.622. The summed E-state index contributed by atoms with van der Waals surface area (Å²) in [5.41, 5.74) is 10.5. The van der Waals surface area contributed by atoms with Crippen molar-refractivity contribution >= 4 is 49.7 Å². The summed E-state index contributed by atoms with van der Waals surface area (Å²) >= 11 is 0. The van der Waals surface area contributed by atoms with E-state index in [0.29, 0.717) is 5.89 Å². The third-order valence-electron chi connectivity index (χ3n) is 9.05. The van der Waals surface area contributed by atoms with Crippen molar-refractivity contribution in [3.63, 3.8) is 0 Å². The lowest BCUT2D eigenvalue weighted by Crippen LogP contribution is -2.11. The van der Waals surface area contributed by atoms with Crippen molar-refractivity contribution in [1.82, 2.24) is 4.98 Å². The van der Waals surface area contributed by atoms with Gasteiger partial charge in [-0.3, -0.25) is 0 Å². The molecule has 0 aliphatic rings. The smallest absolute Gasteiger partial charge is 0.227 e. The van der Waals surface area contributed by atoms with E-state index in [2.05, 4.69) is 150 Å². The van der Waals surface area contributed by atoms with Gasteiger partial charge in [-0.25, -0.2) is 4.98 Å². The second kappa shape index (κ2) is 11.7. The molecule has 0 fully saturated rings. The molecule has 48 heavy (non-hydrogen) atoms. The van der Waals surface area contributed by atoms with Crippen LogP contribution in [0.15, 0.2) is 186 Å². The van der Waals surface area contributed by atoms with Crippen LogP contribution < -0.4 is 4.90 Å². The summed E-state index contributed by atoms with van der Waals surface area (Å²) in [6.07, 6.45) is 0. The molecule has 0 spiro atoms. The van der Waals surface area contributed by atoms with E-state index < -0.39 is 0 Å². The van der Waals surface area contributed by atoms with Crippen LogP contribution in [0.5, 0.6) is 0 Å². The van der Waals surface area contributed by atoms with Crippen molar-refractivity contribution in [3.05, 3.63) is 182 Å². The van der Waals surface area contributed by atoms with Gasteiger partial charge in [0.15, 0.2) is 5.58 Å². The van der Waals surface area contributed by atoms with Gasteiger partial charge in [0.1, 0.15) is 5.52 Å². The molecular weight excluding hydrogens is 585 g/mol. The predicted octanol–water partition coefficient (Wildman–Crippen LogP) is 12.6. The Bertz CT molecular complexity index is 2560. The van der Waals surface area contributed by atoms with Crippen molar-refractivity contribution in [2.24, 2.45) is 0 Å². The van der Waals surface area contributed by atoms with E-state index in [1.54, 1.807) is 0 Å². The topological polar surface area (TPSA) is 29.3 Å². The maximum Gasteiger partial charge on any atom is 0.227 e. The molecule has 9 aromatic rings. The third-order valence-corrected chi connectivity index (χ3v) is 9.05. The lowest BCUT2D eigenvalue weighted by atomic mass is 9.96. The standard InChI is InChI=1S/C45H30N2O/c1-4-14-31(15-5-1)39-22-12-13-23-43(39)47(37-28-35-20-10-11-21-38(35)40(30-37)32-16-6-2-7-17-32)36-26-24-33-25-27-42-44(41(33)29-36)48-45(46-42)34-18-8-3-9-19-34/h1-30H. The average molecular weight is 615 g/mol. The summed E-state index contributed by atoms with van der Waals surface area (Å²) in [5.74, 6) is 0.622. The van der Waals surface area contributed by atoms with Crippen molar-refractivity contribution in [2.75, 3.05) is 4.90 Å². The van der Waals surface area contributed by atoms with Crippen LogP contribution in [0.2, 0.25) is 0 Å². The number of nitrogens with zero attached hydrogens (tertiary/aromatic N) is 2. The van der Waals surface area contributed by atoms with Gasteiger partial charge in [-0.2, -0.15) is 0 Å². The molecule has 1 heterocycles. The zero-order valence-electron chi connectivity index (χ0n) is 26.1. The second-order valence-electron chi connectivity index (χ2n) is 12.0. The molecule has 8 aromatic carbocycles. The SMILES string of the molecule is c1ccc(-c2nc3ccc4ccc(N(c5cc(-c6ccccc6)c6ccccc6c5)c5ccccc5-c5ccccc5)cc4c3o2)cc1. The Labute approximate surface area is 279 Å². The molecule has 0 bridgehead atoms. The van der Waals surface area contributed by atoms with E-state index in [9.17, 15) is 0 Å². The van der Waals surface area contributed by atoms with E-state index in [0.717, 1.165) is 55.6 Å². The number of para-hydroxylation sites is 1. The number of benzene rings is 8. The number of fused-ring (bicyclic) bond motifs is 4. The molecule has 0 saturated carbocycles. The van der Waals surface area contributed by atoms with Crippen LogP contribution in [-0.4, -0.2) is 4.98 Å². The van der Waals surface area contributed by atoms with Crippen molar-refractivity contribution in [1.29, 1.82) is 0 Å². The first-order valence-electron chi connectivity index (χ1n) is 16.2. The highest BCUT2D eigenvalue weighted by atomic mass is 16.3. The van der Waals surface area contributed by atoms with Crippen LogP contribution in [0.4, 0.5) is 17.1 Å². The summed E-state index contributed by atoms with van der Waals surface area (Å²) in [6, 6.07) is 64.1. The summed E-state index contributed by atoms with van der Waals surface area (Å²) < 4.78 is 6.51. The van der Waals surface area contributed by atoms with Crippen molar-refractivity contribution in [3.8, 4) is 33.7 Å². The maximum atomic E-state index is 6.51. The molecule has 0 aliphatic carbocycles. The zero-order valence-corrected chi connectivity index (χ0v) is 26.1. The molecule has 3 heteroatoms. The van der Waals surface area contributed by atoms with E-state index in [-0.39, 0.29) is 0 Å². The van der Waals surface area contributed by atoms with Crippen LogP contribution >= 0.6 is 0 Å². The fourth-order valence-corrected chi connectivity index (χ4v) is 6.77. The molecule has 9 rings (SSSR count). The molecule has 0 aliphatic heterocycles. The second-order valence-corrected chi connectivity index (χ2v) is 12.0. The number of aromatic nitrogens is 1. The normalized spacial score (nSPS) is 11.3. The minimum atomic E-state index is 0.622. The van der Waals surface area contributed by atoms with Crippen LogP contribution in [0.3, 0.4) is 0 Å². The number of hydrogen-bond donors (Lipinski definition) is 0. The summed E-state index contributed by atoms with van der Waals surface area (Å²) in [6.45, 7) is 0. The van der Waals surface area contributed by atoms with Gasteiger partial charge in [0.25, 0.3) is 0 Å². The van der Waals surface area contributed by atoms with E-state index in [1.807, 2.05) is 36.4 Å². The average Bonchev–Trinajstić information content (AvgIpc) is 3.61. The van der Waals surface area contributed by atoms with Gasteiger partial charge < -0.3 is 9.32 Å². The molecule has 0 saturated heterocycles.